The van der Waals surface area contributed by atoms with Crippen molar-refractivity contribution < 1.29 is 4.74 Å². The minimum Gasteiger partial charge on any atom is -0.496 e. The molecule has 0 fully saturated rings. The summed E-state index contributed by atoms with van der Waals surface area (Å²) in [6.45, 7) is 1.70. The topological polar surface area (TPSA) is 41.1 Å². The number of nitrogens with one attached hydrogen (secondary N) is 1. The van der Waals surface area contributed by atoms with Gasteiger partial charge in [0.25, 0.3) is 0 Å². The van der Waals surface area contributed by atoms with Crippen molar-refractivity contribution in [3.8, 4) is 17.1 Å². The van der Waals surface area contributed by atoms with E-state index in [1.54, 1.807) is 7.11 Å². The van der Waals surface area contributed by atoms with E-state index in [0.29, 0.717) is 0 Å². The van der Waals surface area contributed by atoms with Crippen molar-refractivity contribution in [3.63, 3.8) is 0 Å². The molecule has 0 unspecified atom stereocenters. The second kappa shape index (κ2) is 10.6. The molecule has 0 saturated carbocycles. The normalized spacial score (nSPS) is 10.2. The lowest BCUT2D eigenvalue weighted by Crippen LogP contribution is -2.17. The van der Waals surface area contributed by atoms with Crippen molar-refractivity contribution in [1.82, 2.24) is 14.9 Å². The van der Waals surface area contributed by atoms with Gasteiger partial charge < -0.3 is 9.72 Å². The van der Waals surface area contributed by atoms with Gasteiger partial charge in [-0.2, -0.15) is 0 Å². The molecular weight excluding hydrogens is 437 g/mol. The molecule has 0 aliphatic rings. The average molecular weight is 459 g/mol. The third kappa shape index (κ3) is 5.74. The highest BCUT2D eigenvalue weighted by Crippen LogP contribution is 2.30. The molecule has 1 aromatic heterocycles. The molecule has 0 bridgehead atoms. The van der Waals surface area contributed by atoms with Gasteiger partial charge in [-0.05, 0) is 30.8 Å². The zero-order valence-corrected chi connectivity index (χ0v) is 17.8. The van der Waals surface area contributed by atoms with Crippen LogP contribution in [0.4, 0.5) is 0 Å². The summed E-state index contributed by atoms with van der Waals surface area (Å²) in [6.07, 6.45) is 1.89. The fraction of sp³-hybridized carbons (Fsp3) is 0.211. The minimum absolute atomic E-state index is 0. The Morgan fingerprint density at radius 3 is 2.50 bits per heavy atom. The van der Waals surface area contributed by atoms with Crippen LogP contribution in [0.25, 0.3) is 11.4 Å². The van der Waals surface area contributed by atoms with E-state index in [4.69, 9.17) is 4.74 Å². The zero-order valence-electron chi connectivity index (χ0n) is 14.6. The summed E-state index contributed by atoms with van der Waals surface area (Å²) >= 11 is 3.50. The van der Waals surface area contributed by atoms with Gasteiger partial charge in [0.15, 0.2) is 0 Å². The second-order valence-corrected chi connectivity index (χ2v) is 6.68. The number of benzene rings is 2. The molecular formula is C19H22BrCl2N3O. The number of rotatable bonds is 6. The van der Waals surface area contributed by atoms with E-state index in [2.05, 4.69) is 62.1 Å². The molecule has 0 aliphatic heterocycles. The first kappa shape index (κ1) is 22.5. The van der Waals surface area contributed by atoms with E-state index < -0.39 is 0 Å². The first-order valence-electron chi connectivity index (χ1n) is 7.76. The van der Waals surface area contributed by atoms with Gasteiger partial charge in [-0.15, -0.1) is 24.8 Å². The van der Waals surface area contributed by atoms with Crippen LogP contribution in [0.3, 0.4) is 0 Å². The SMILES string of the molecule is COc1ccc(Br)cc1-c1ncc(CN(C)Cc2ccccc2)[nH]1.Cl.Cl. The summed E-state index contributed by atoms with van der Waals surface area (Å²) < 4.78 is 6.43. The Labute approximate surface area is 174 Å². The predicted octanol–water partition coefficient (Wildman–Crippen LogP) is 5.32. The van der Waals surface area contributed by atoms with Crippen LogP contribution in [0.5, 0.6) is 5.75 Å². The minimum atomic E-state index is 0. The number of imidazole rings is 1. The molecule has 0 aliphatic carbocycles. The van der Waals surface area contributed by atoms with Gasteiger partial charge in [0.1, 0.15) is 11.6 Å². The van der Waals surface area contributed by atoms with Gasteiger partial charge >= 0.3 is 0 Å². The van der Waals surface area contributed by atoms with Gasteiger partial charge in [-0.3, -0.25) is 4.90 Å². The van der Waals surface area contributed by atoms with Crippen molar-refractivity contribution in [2.75, 3.05) is 14.2 Å². The van der Waals surface area contributed by atoms with Gasteiger partial charge in [0.05, 0.1) is 12.7 Å². The number of nitrogens with zero attached hydrogens (tertiary/aromatic N) is 2. The summed E-state index contributed by atoms with van der Waals surface area (Å²) in [5.74, 6) is 1.62. The molecule has 1 heterocycles. The fourth-order valence-electron chi connectivity index (χ4n) is 2.68. The highest BCUT2D eigenvalue weighted by atomic mass is 79.9. The summed E-state index contributed by atoms with van der Waals surface area (Å²) in [6, 6.07) is 16.4. The van der Waals surface area contributed by atoms with Crippen LogP contribution < -0.4 is 4.74 Å². The molecule has 7 heteroatoms. The van der Waals surface area contributed by atoms with Crippen molar-refractivity contribution in [2.24, 2.45) is 0 Å². The Morgan fingerprint density at radius 1 is 1.08 bits per heavy atom. The number of halogens is 3. The Kier molecular flexibility index (Phi) is 9.16. The van der Waals surface area contributed by atoms with E-state index in [-0.39, 0.29) is 24.8 Å². The molecule has 2 aromatic carbocycles. The third-order valence-electron chi connectivity index (χ3n) is 3.78. The van der Waals surface area contributed by atoms with Crippen LogP contribution in [-0.4, -0.2) is 29.0 Å². The lowest BCUT2D eigenvalue weighted by Gasteiger charge is -2.15. The van der Waals surface area contributed by atoms with Gasteiger partial charge in [-0.1, -0.05) is 46.3 Å². The fourth-order valence-corrected chi connectivity index (χ4v) is 3.04. The Hall–Kier alpha value is -1.53. The lowest BCUT2D eigenvalue weighted by atomic mass is 10.2. The molecule has 26 heavy (non-hydrogen) atoms. The van der Waals surface area contributed by atoms with Gasteiger partial charge in [0, 0.05) is 29.5 Å². The van der Waals surface area contributed by atoms with Gasteiger partial charge in [0.2, 0.25) is 0 Å². The molecule has 3 rings (SSSR count). The Balaban J connectivity index is 0.00000169. The molecule has 140 valence electrons. The van der Waals surface area contributed by atoms with E-state index in [1.807, 2.05) is 30.5 Å². The van der Waals surface area contributed by atoms with Crippen LogP contribution >= 0.6 is 40.7 Å². The lowest BCUT2D eigenvalue weighted by molar-refractivity contribution is 0.315. The quantitative estimate of drug-likeness (QED) is 0.543. The number of hydrogen-bond acceptors (Lipinski definition) is 3. The number of aromatic amines is 1. The monoisotopic (exact) mass is 457 g/mol. The third-order valence-corrected chi connectivity index (χ3v) is 4.27. The standard InChI is InChI=1S/C19H20BrN3O.2ClH/c1-23(12-14-6-4-3-5-7-14)13-16-11-21-19(22-16)17-10-15(20)8-9-18(17)24-2;;/h3-11H,12-13H2,1-2H3,(H,21,22);2*1H. The smallest absolute Gasteiger partial charge is 0.141 e. The number of H-pyrrole nitrogens is 1. The largest absolute Gasteiger partial charge is 0.496 e. The maximum absolute atomic E-state index is 5.43. The van der Waals surface area contributed by atoms with Gasteiger partial charge in [-0.25, -0.2) is 4.98 Å². The maximum Gasteiger partial charge on any atom is 0.141 e. The van der Waals surface area contributed by atoms with Crippen LogP contribution in [0.1, 0.15) is 11.3 Å². The Bertz CT molecular complexity index is 812. The number of aromatic nitrogens is 2. The van der Waals surface area contributed by atoms with Crippen LogP contribution in [0, 0.1) is 0 Å². The first-order valence-corrected chi connectivity index (χ1v) is 8.55. The number of ether oxygens (including phenoxy) is 1. The van der Waals surface area contributed by atoms with Crippen LogP contribution in [-0.2, 0) is 13.1 Å². The molecule has 3 aromatic rings. The van der Waals surface area contributed by atoms with Crippen LogP contribution in [0.2, 0.25) is 0 Å². The summed E-state index contributed by atoms with van der Waals surface area (Å²) in [5, 5.41) is 0. The molecule has 0 spiro atoms. The van der Waals surface area contributed by atoms with E-state index in [1.165, 1.54) is 5.56 Å². The summed E-state index contributed by atoms with van der Waals surface area (Å²) in [5.41, 5.74) is 3.32. The highest BCUT2D eigenvalue weighted by Gasteiger charge is 2.11. The highest BCUT2D eigenvalue weighted by molar-refractivity contribution is 9.10. The second-order valence-electron chi connectivity index (χ2n) is 5.76. The zero-order chi connectivity index (χ0) is 16.9. The number of methoxy groups -OCH3 is 1. The molecule has 4 nitrogen and oxygen atoms in total. The van der Waals surface area contributed by atoms with Crippen molar-refractivity contribution in [3.05, 3.63) is 70.5 Å². The van der Waals surface area contributed by atoms with Crippen LogP contribution in [0.15, 0.2) is 59.2 Å². The average Bonchev–Trinajstić information content (AvgIpc) is 3.04. The van der Waals surface area contributed by atoms with Crippen molar-refractivity contribution >= 4 is 40.7 Å². The maximum atomic E-state index is 5.43. The summed E-state index contributed by atoms with van der Waals surface area (Å²) in [7, 11) is 3.78. The molecule has 1 N–H and O–H groups in total. The molecule has 0 amide bonds. The van der Waals surface area contributed by atoms with Crippen molar-refractivity contribution in [2.45, 2.75) is 13.1 Å². The summed E-state index contributed by atoms with van der Waals surface area (Å²) in [4.78, 5) is 10.2. The van der Waals surface area contributed by atoms with Crippen molar-refractivity contribution in [1.29, 1.82) is 0 Å². The first-order chi connectivity index (χ1) is 11.7. The molecule has 0 atom stereocenters. The number of hydrogen-bond donors (Lipinski definition) is 1. The van der Waals surface area contributed by atoms with E-state index in [0.717, 1.165) is 40.4 Å². The Morgan fingerprint density at radius 2 is 1.81 bits per heavy atom. The van der Waals surface area contributed by atoms with E-state index in [9.17, 15) is 0 Å². The molecule has 0 radical (unpaired) electrons. The molecule has 0 saturated heterocycles. The van der Waals surface area contributed by atoms with E-state index >= 15 is 0 Å². The predicted molar refractivity (Wildman–Crippen MR) is 114 cm³/mol.